The van der Waals surface area contributed by atoms with Crippen molar-refractivity contribution in [3.05, 3.63) is 30.0 Å². The Morgan fingerprint density at radius 1 is 1.00 bits per heavy atom. The van der Waals surface area contributed by atoms with Gasteiger partial charge in [0.25, 0.3) is 5.91 Å². The molecule has 1 aromatic heterocycles. The fourth-order valence-corrected chi connectivity index (χ4v) is 9.97. The lowest BCUT2D eigenvalue weighted by Gasteiger charge is -2.41. The summed E-state index contributed by atoms with van der Waals surface area (Å²) in [4.78, 5) is 18.1. The summed E-state index contributed by atoms with van der Waals surface area (Å²) in [6.07, 6.45) is 5.04. The van der Waals surface area contributed by atoms with Crippen LogP contribution in [-0.2, 0) is 19.9 Å². The molecule has 1 aromatic carbocycles. The SMILES string of the molecule is CC(C)n1nc(C(=O)NC2C[C@H]3CC[C@@H](C2)N3CCN2CCN(S(=O)(=O)CS(C)(=O)=O)CC2)c2ccccc21. The third-order valence-corrected chi connectivity index (χ3v) is 12.4. The van der Waals surface area contributed by atoms with Gasteiger partial charge in [0.05, 0.1) is 5.52 Å². The number of aromatic nitrogens is 2. The molecule has 39 heavy (non-hydrogen) atoms. The number of amides is 1. The first-order chi connectivity index (χ1) is 18.4. The lowest BCUT2D eigenvalue weighted by atomic mass is 9.97. The Hall–Kier alpha value is -2.06. The highest BCUT2D eigenvalue weighted by Crippen LogP contribution is 2.36. The molecule has 3 saturated heterocycles. The average Bonchev–Trinajstić information content (AvgIpc) is 3.36. The third kappa shape index (κ3) is 6.32. The van der Waals surface area contributed by atoms with E-state index in [1.54, 1.807) is 0 Å². The smallest absolute Gasteiger partial charge is 0.272 e. The van der Waals surface area contributed by atoms with Crippen molar-refractivity contribution in [2.24, 2.45) is 0 Å². The monoisotopic (exact) mass is 580 g/mol. The molecule has 3 aliphatic heterocycles. The number of para-hydroxylation sites is 1. The lowest BCUT2D eigenvalue weighted by molar-refractivity contribution is 0.0782. The quantitative estimate of drug-likeness (QED) is 0.471. The van der Waals surface area contributed by atoms with Gasteiger partial charge in [-0.1, -0.05) is 18.2 Å². The Balaban J connectivity index is 1.13. The maximum atomic E-state index is 13.3. The van der Waals surface area contributed by atoms with Crippen molar-refractivity contribution in [1.29, 1.82) is 0 Å². The van der Waals surface area contributed by atoms with Crippen LogP contribution in [0, 0.1) is 0 Å². The minimum absolute atomic E-state index is 0.104. The molecule has 1 amide bonds. The molecule has 0 radical (unpaired) electrons. The largest absolute Gasteiger partial charge is 0.348 e. The molecule has 3 fully saturated rings. The van der Waals surface area contributed by atoms with Gasteiger partial charge in [-0.25, -0.2) is 16.8 Å². The molecule has 216 valence electrons. The molecule has 2 bridgehead atoms. The molecule has 3 aliphatic rings. The number of carbonyl (C=O) groups excluding carboxylic acids is 1. The summed E-state index contributed by atoms with van der Waals surface area (Å²) in [6.45, 7) is 7.73. The fraction of sp³-hybridized carbons (Fsp3) is 0.692. The first kappa shape index (κ1) is 28.5. The fourth-order valence-electron chi connectivity index (χ4n) is 6.49. The maximum absolute atomic E-state index is 13.3. The van der Waals surface area contributed by atoms with Crippen LogP contribution in [0.25, 0.3) is 10.9 Å². The van der Waals surface area contributed by atoms with Gasteiger partial charge in [0.15, 0.2) is 20.6 Å². The van der Waals surface area contributed by atoms with Crippen LogP contribution in [0.2, 0.25) is 0 Å². The number of carbonyl (C=O) groups is 1. The van der Waals surface area contributed by atoms with E-state index in [1.165, 1.54) is 4.31 Å². The summed E-state index contributed by atoms with van der Waals surface area (Å²) < 4.78 is 50.9. The summed E-state index contributed by atoms with van der Waals surface area (Å²) in [5.74, 6) is -0.104. The molecule has 5 rings (SSSR count). The number of fused-ring (bicyclic) bond motifs is 3. The van der Waals surface area contributed by atoms with Crippen LogP contribution < -0.4 is 5.32 Å². The predicted octanol–water partition coefficient (Wildman–Crippen LogP) is 1.29. The number of sulfone groups is 1. The van der Waals surface area contributed by atoms with Crippen LogP contribution in [0.15, 0.2) is 24.3 Å². The van der Waals surface area contributed by atoms with Crippen LogP contribution >= 0.6 is 0 Å². The molecule has 3 atom stereocenters. The number of piperidine rings is 1. The zero-order chi connectivity index (χ0) is 27.9. The molecular weight excluding hydrogens is 540 g/mol. The number of hydrogen-bond donors (Lipinski definition) is 1. The minimum Gasteiger partial charge on any atom is -0.348 e. The van der Waals surface area contributed by atoms with E-state index >= 15 is 0 Å². The highest BCUT2D eigenvalue weighted by Gasteiger charge is 2.41. The van der Waals surface area contributed by atoms with Gasteiger partial charge in [-0.15, -0.1) is 0 Å². The van der Waals surface area contributed by atoms with E-state index < -0.39 is 24.9 Å². The van der Waals surface area contributed by atoms with Crippen LogP contribution in [0.4, 0.5) is 0 Å². The first-order valence-corrected chi connectivity index (χ1v) is 17.5. The average molecular weight is 581 g/mol. The van der Waals surface area contributed by atoms with E-state index in [9.17, 15) is 21.6 Å². The Labute approximate surface area is 231 Å². The lowest BCUT2D eigenvalue weighted by Crippen LogP contribution is -2.54. The van der Waals surface area contributed by atoms with E-state index in [4.69, 9.17) is 0 Å². The topological polar surface area (TPSA) is 125 Å². The van der Waals surface area contributed by atoms with Gasteiger partial charge in [-0.2, -0.15) is 9.40 Å². The highest BCUT2D eigenvalue weighted by atomic mass is 32.3. The number of nitrogens with zero attached hydrogens (tertiary/aromatic N) is 5. The number of hydrogen-bond acceptors (Lipinski definition) is 8. The second-order valence-electron chi connectivity index (χ2n) is 11.6. The molecular formula is C26H40N6O5S2. The van der Waals surface area contributed by atoms with E-state index in [-0.39, 0.29) is 18.0 Å². The van der Waals surface area contributed by atoms with Crippen molar-refractivity contribution in [2.75, 3.05) is 50.6 Å². The summed E-state index contributed by atoms with van der Waals surface area (Å²) in [5.41, 5.74) is 1.47. The van der Waals surface area contributed by atoms with Crippen molar-refractivity contribution >= 4 is 36.7 Å². The molecule has 1 unspecified atom stereocenters. The number of piperazine rings is 1. The van der Waals surface area contributed by atoms with Crippen molar-refractivity contribution in [3.8, 4) is 0 Å². The zero-order valence-corrected chi connectivity index (χ0v) is 24.6. The van der Waals surface area contributed by atoms with Gasteiger partial charge in [-0.05, 0) is 45.6 Å². The molecule has 0 spiro atoms. The second-order valence-corrected chi connectivity index (χ2v) is 16.0. The number of sulfonamides is 1. The normalized spacial score (nSPS) is 25.5. The second kappa shape index (κ2) is 11.1. The van der Waals surface area contributed by atoms with Crippen molar-refractivity contribution in [1.82, 2.24) is 29.2 Å². The van der Waals surface area contributed by atoms with Gasteiger partial charge < -0.3 is 5.32 Å². The predicted molar refractivity (Wildman–Crippen MR) is 151 cm³/mol. The van der Waals surface area contributed by atoms with Gasteiger partial charge in [0.2, 0.25) is 10.0 Å². The van der Waals surface area contributed by atoms with Crippen molar-refractivity contribution in [2.45, 2.75) is 63.7 Å². The zero-order valence-electron chi connectivity index (χ0n) is 23.0. The molecule has 4 heterocycles. The standard InChI is InChI=1S/C26H40N6O5S2/c1-19(2)32-24-7-5-4-6-23(24)25(28-32)26(33)27-20-16-21-8-9-22(17-20)31(21)15-12-29-10-13-30(14-11-29)39(36,37)18-38(3,34)35/h4-7,19-22H,8-18H2,1-3H3,(H,27,33)/t20?,21-,22+. The van der Waals surface area contributed by atoms with E-state index in [0.717, 1.165) is 55.9 Å². The van der Waals surface area contributed by atoms with Crippen molar-refractivity contribution < 1.29 is 21.6 Å². The summed E-state index contributed by atoms with van der Waals surface area (Å²) in [5, 5.41) is 8.00. The van der Waals surface area contributed by atoms with Crippen LogP contribution in [-0.4, -0.2) is 115 Å². The molecule has 1 N–H and O–H groups in total. The van der Waals surface area contributed by atoms with Crippen LogP contribution in [0.5, 0.6) is 0 Å². The molecule has 11 nitrogen and oxygen atoms in total. The molecule has 13 heteroatoms. The van der Waals surface area contributed by atoms with E-state index in [2.05, 4.69) is 34.1 Å². The van der Waals surface area contributed by atoms with Gasteiger partial charge >= 0.3 is 0 Å². The van der Waals surface area contributed by atoms with Crippen LogP contribution in [0.3, 0.4) is 0 Å². The highest BCUT2D eigenvalue weighted by molar-refractivity contribution is 8.06. The number of benzene rings is 1. The van der Waals surface area contributed by atoms with E-state index in [0.29, 0.717) is 44.0 Å². The summed E-state index contributed by atoms with van der Waals surface area (Å²) in [6, 6.07) is 9.02. The molecule has 0 aliphatic carbocycles. The van der Waals surface area contributed by atoms with Gasteiger partial charge in [-0.3, -0.25) is 19.3 Å². The Morgan fingerprint density at radius 2 is 1.64 bits per heavy atom. The van der Waals surface area contributed by atoms with Crippen LogP contribution in [0.1, 0.15) is 56.1 Å². The Morgan fingerprint density at radius 3 is 2.26 bits per heavy atom. The van der Waals surface area contributed by atoms with Crippen molar-refractivity contribution in [3.63, 3.8) is 0 Å². The third-order valence-electron chi connectivity index (χ3n) is 8.30. The maximum Gasteiger partial charge on any atom is 0.272 e. The van der Waals surface area contributed by atoms with Gasteiger partial charge in [0.1, 0.15) is 0 Å². The van der Waals surface area contributed by atoms with E-state index in [1.807, 2.05) is 28.9 Å². The molecule has 2 aromatic rings. The van der Waals surface area contributed by atoms with Gasteiger partial charge in [0, 0.05) is 75.1 Å². The molecule has 0 saturated carbocycles. The first-order valence-electron chi connectivity index (χ1n) is 13.8. The minimum atomic E-state index is -3.79. The number of rotatable bonds is 9. The Kier molecular flexibility index (Phi) is 8.08. The summed E-state index contributed by atoms with van der Waals surface area (Å²) >= 11 is 0. The Bertz CT molecular complexity index is 1400. The summed E-state index contributed by atoms with van der Waals surface area (Å²) in [7, 11) is -7.39. The number of nitrogens with one attached hydrogen (secondary N) is 1.